The Bertz CT molecular complexity index is 2930. The minimum absolute atomic E-state index is 1.06. The lowest BCUT2D eigenvalue weighted by molar-refractivity contribution is 1.45. The third-order valence-electron chi connectivity index (χ3n) is 10.1. The zero-order valence-electron chi connectivity index (χ0n) is 27.5. The van der Waals surface area contributed by atoms with Crippen LogP contribution in [0.4, 0.5) is 0 Å². The van der Waals surface area contributed by atoms with Gasteiger partial charge in [0.25, 0.3) is 0 Å². The second kappa shape index (κ2) is 11.5. The number of aryl methyl sites for hydroxylation is 1. The average molecular weight is 654 g/mol. The Hall–Kier alpha value is -6.09. The van der Waals surface area contributed by atoms with Crippen molar-refractivity contribution in [3.05, 3.63) is 175 Å². The zero-order chi connectivity index (χ0) is 33.2. The first-order chi connectivity index (χ1) is 24.7. The number of benzene rings is 9. The van der Waals surface area contributed by atoms with Crippen molar-refractivity contribution < 1.29 is 0 Å². The lowest BCUT2D eigenvalue weighted by Crippen LogP contribution is -1.92. The third kappa shape index (κ3) is 4.80. The van der Waals surface area contributed by atoms with Crippen LogP contribution in [0.2, 0.25) is 0 Å². The number of thiazole rings is 1. The van der Waals surface area contributed by atoms with Crippen molar-refractivity contribution in [3.8, 4) is 44.0 Å². The smallest absolute Gasteiger partial charge is 0.124 e. The molecule has 10 rings (SSSR count). The molecule has 0 N–H and O–H groups in total. The van der Waals surface area contributed by atoms with Crippen LogP contribution in [-0.2, 0) is 0 Å². The van der Waals surface area contributed by atoms with E-state index in [1.165, 1.54) is 86.7 Å². The van der Waals surface area contributed by atoms with E-state index in [4.69, 9.17) is 4.98 Å². The predicted octanol–water partition coefficient (Wildman–Crippen LogP) is 13.9. The average Bonchev–Trinajstić information content (AvgIpc) is 3.60. The molecule has 0 amide bonds. The van der Waals surface area contributed by atoms with Gasteiger partial charge in [0.15, 0.2) is 0 Å². The van der Waals surface area contributed by atoms with E-state index in [2.05, 4.69) is 177 Å². The molecule has 0 aliphatic heterocycles. The summed E-state index contributed by atoms with van der Waals surface area (Å²) in [7, 11) is 0. The summed E-state index contributed by atoms with van der Waals surface area (Å²) in [5.41, 5.74) is 10.9. The molecule has 1 nitrogen and oxygen atoms in total. The minimum Gasteiger partial charge on any atom is -0.236 e. The van der Waals surface area contributed by atoms with Crippen molar-refractivity contribution in [1.29, 1.82) is 0 Å². The van der Waals surface area contributed by atoms with Gasteiger partial charge in [-0.25, -0.2) is 4.98 Å². The molecule has 1 heterocycles. The van der Waals surface area contributed by atoms with E-state index in [9.17, 15) is 0 Å². The zero-order valence-corrected chi connectivity index (χ0v) is 28.3. The fourth-order valence-electron chi connectivity index (χ4n) is 7.63. The van der Waals surface area contributed by atoms with Crippen LogP contribution in [0, 0.1) is 6.92 Å². The molecular formula is C48H31NS. The van der Waals surface area contributed by atoms with Gasteiger partial charge in [-0.1, -0.05) is 140 Å². The van der Waals surface area contributed by atoms with Crippen molar-refractivity contribution in [2.45, 2.75) is 6.92 Å². The van der Waals surface area contributed by atoms with Crippen molar-refractivity contribution >= 4 is 64.6 Å². The highest BCUT2D eigenvalue weighted by Crippen LogP contribution is 2.46. The molecule has 50 heavy (non-hydrogen) atoms. The van der Waals surface area contributed by atoms with Crippen molar-refractivity contribution in [2.75, 3.05) is 0 Å². The van der Waals surface area contributed by atoms with Crippen LogP contribution >= 0.6 is 11.3 Å². The monoisotopic (exact) mass is 653 g/mol. The first kappa shape index (κ1) is 28.9. The first-order valence-corrected chi connectivity index (χ1v) is 17.9. The Morgan fingerprint density at radius 3 is 1.56 bits per heavy atom. The molecule has 234 valence electrons. The maximum atomic E-state index is 4.94. The number of fused-ring (bicyclic) bond motifs is 5. The Balaban J connectivity index is 1.20. The van der Waals surface area contributed by atoms with E-state index in [1.54, 1.807) is 11.3 Å². The van der Waals surface area contributed by atoms with E-state index in [1.807, 2.05) is 0 Å². The Morgan fingerprint density at radius 1 is 0.380 bits per heavy atom. The molecule has 0 saturated heterocycles. The second-order valence-electron chi connectivity index (χ2n) is 13.2. The molecule has 0 unspecified atom stereocenters. The third-order valence-corrected chi connectivity index (χ3v) is 11.2. The molecular weight excluding hydrogens is 623 g/mol. The molecule has 0 saturated carbocycles. The van der Waals surface area contributed by atoms with E-state index in [0.717, 1.165) is 16.1 Å². The van der Waals surface area contributed by atoms with Crippen LogP contribution in [0.25, 0.3) is 97.3 Å². The standard InChI is InChI=1S/C48H31NS/c1-30-14-25-44-45(26-30)50-48(49-44)34-19-15-33(16-20-34)37-23-24-42-43(29-37)47(39-22-18-32-9-3-5-11-36(32)28-39)41-13-7-6-12-40(41)46(42)38-21-17-31-8-2-4-10-35(31)27-38/h2-29H,1H3. The summed E-state index contributed by atoms with van der Waals surface area (Å²) in [5, 5.41) is 11.1. The van der Waals surface area contributed by atoms with Gasteiger partial charge in [0.2, 0.25) is 0 Å². The van der Waals surface area contributed by atoms with Crippen molar-refractivity contribution in [3.63, 3.8) is 0 Å². The Kier molecular flexibility index (Phi) is 6.65. The van der Waals surface area contributed by atoms with Gasteiger partial charge in [0, 0.05) is 5.56 Å². The van der Waals surface area contributed by atoms with Gasteiger partial charge >= 0.3 is 0 Å². The molecule has 0 aliphatic rings. The fourth-order valence-corrected chi connectivity index (χ4v) is 8.70. The number of hydrogen-bond acceptors (Lipinski definition) is 2. The van der Waals surface area contributed by atoms with E-state index < -0.39 is 0 Å². The Labute approximate surface area is 294 Å². The predicted molar refractivity (Wildman–Crippen MR) is 216 cm³/mol. The summed E-state index contributed by atoms with van der Waals surface area (Å²) >= 11 is 1.76. The van der Waals surface area contributed by atoms with E-state index in [-0.39, 0.29) is 0 Å². The van der Waals surface area contributed by atoms with Gasteiger partial charge in [0.05, 0.1) is 10.2 Å². The summed E-state index contributed by atoms with van der Waals surface area (Å²) in [6, 6.07) is 62.5. The van der Waals surface area contributed by atoms with E-state index >= 15 is 0 Å². The summed E-state index contributed by atoms with van der Waals surface area (Å²) in [6.07, 6.45) is 0. The molecule has 0 spiro atoms. The highest BCUT2D eigenvalue weighted by molar-refractivity contribution is 7.21. The van der Waals surface area contributed by atoms with Crippen LogP contribution in [0.3, 0.4) is 0 Å². The summed E-state index contributed by atoms with van der Waals surface area (Å²) in [6.45, 7) is 2.14. The molecule has 0 radical (unpaired) electrons. The molecule has 9 aromatic carbocycles. The van der Waals surface area contributed by atoms with Crippen LogP contribution in [0.1, 0.15) is 5.56 Å². The van der Waals surface area contributed by atoms with Crippen LogP contribution in [0.15, 0.2) is 170 Å². The second-order valence-corrected chi connectivity index (χ2v) is 14.3. The lowest BCUT2D eigenvalue weighted by atomic mass is 9.84. The van der Waals surface area contributed by atoms with Gasteiger partial charge in [-0.05, 0) is 119 Å². The summed E-state index contributed by atoms with van der Waals surface area (Å²) < 4.78 is 1.23. The van der Waals surface area contributed by atoms with Gasteiger partial charge < -0.3 is 0 Å². The minimum atomic E-state index is 1.06. The highest BCUT2D eigenvalue weighted by atomic mass is 32.1. The van der Waals surface area contributed by atoms with Gasteiger partial charge in [-0.2, -0.15) is 0 Å². The first-order valence-electron chi connectivity index (χ1n) is 17.1. The topological polar surface area (TPSA) is 12.9 Å². The number of hydrogen-bond donors (Lipinski definition) is 0. The number of aromatic nitrogens is 1. The van der Waals surface area contributed by atoms with Crippen molar-refractivity contribution in [1.82, 2.24) is 4.98 Å². The SMILES string of the molecule is Cc1ccc2nc(-c3ccc(-c4ccc5c(-c6ccc7ccccc7c6)c6ccccc6c(-c6ccc7ccccc7c6)c5c4)cc3)sc2c1. The highest BCUT2D eigenvalue weighted by Gasteiger charge is 2.18. The normalized spacial score (nSPS) is 11.7. The van der Waals surface area contributed by atoms with Crippen LogP contribution < -0.4 is 0 Å². The molecule has 1 aromatic heterocycles. The lowest BCUT2D eigenvalue weighted by Gasteiger charge is -2.19. The molecule has 2 heteroatoms. The fraction of sp³-hybridized carbons (Fsp3) is 0.0208. The largest absolute Gasteiger partial charge is 0.236 e. The Morgan fingerprint density at radius 2 is 0.900 bits per heavy atom. The quantitative estimate of drug-likeness (QED) is 0.172. The summed E-state index contributed by atoms with van der Waals surface area (Å²) in [4.78, 5) is 4.94. The molecule has 0 bridgehead atoms. The maximum absolute atomic E-state index is 4.94. The van der Waals surface area contributed by atoms with E-state index in [0.29, 0.717) is 0 Å². The van der Waals surface area contributed by atoms with Crippen LogP contribution in [0.5, 0.6) is 0 Å². The van der Waals surface area contributed by atoms with Crippen LogP contribution in [-0.4, -0.2) is 4.98 Å². The molecule has 0 aliphatic carbocycles. The van der Waals surface area contributed by atoms with Gasteiger partial charge in [-0.15, -0.1) is 11.3 Å². The van der Waals surface area contributed by atoms with Gasteiger partial charge in [0.1, 0.15) is 5.01 Å². The molecule has 10 aromatic rings. The van der Waals surface area contributed by atoms with Gasteiger partial charge in [-0.3, -0.25) is 0 Å². The number of nitrogens with zero attached hydrogens (tertiary/aromatic N) is 1. The number of rotatable bonds is 4. The maximum Gasteiger partial charge on any atom is 0.124 e. The molecule has 0 fully saturated rings. The molecule has 0 atom stereocenters. The van der Waals surface area contributed by atoms with Crippen molar-refractivity contribution in [2.24, 2.45) is 0 Å². The summed E-state index contributed by atoms with van der Waals surface area (Å²) in [5.74, 6) is 0.